The highest BCUT2D eigenvalue weighted by atomic mass is 16.5. The molecule has 1 unspecified atom stereocenters. The molecule has 1 aromatic heterocycles. The zero-order valence-electron chi connectivity index (χ0n) is 16.1. The molecular formula is C21H23N3O4. The Morgan fingerprint density at radius 3 is 2.43 bits per heavy atom. The highest BCUT2D eigenvalue weighted by Gasteiger charge is 2.22. The quantitative estimate of drug-likeness (QED) is 0.710. The molecule has 7 heteroatoms. The summed E-state index contributed by atoms with van der Waals surface area (Å²) < 4.78 is 7.60. The Kier molecular flexibility index (Phi) is 5.63. The van der Waals surface area contributed by atoms with E-state index in [0.717, 1.165) is 11.0 Å². The average Bonchev–Trinajstić information content (AvgIpc) is 2.72. The highest BCUT2D eigenvalue weighted by molar-refractivity contribution is 5.84. The second-order valence-corrected chi connectivity index (χ2v) is 6.48. The van der Waals surface area contributed by atoms with E-state index in [-0.39, 0.29) is 5.91 Å². The van der Waals surface area contributed by atoms with Crippen LogP contribution in [0.1, 0.15) is 26.3 Å². The van der Waals surface area contributed by atoms with Gasteiger partial charge in [0, 0.05) is 6.54 Å². The normalized spacial score (nSPS) is 12.0. The van der Waals surface area contributed by atoms with Crippen molar-refractivity contribution < 1.29 is 9.53 Å². The second kappa shape index (κ2) is 8.12. The molecule has 1 N–H and O–H groups in total. The molecule has 2 aromatic carbocycles. The standard InChI is InChI=1S/C21H23N3O4/c1-4-13-22-19(25)14(2)23-18-8-6-5-7-17(18)20(26)24(21(23)27)15-9-11-16(28-3)12-10-15/h5-12,14H,4,13H2,1-3H3,(H,22,25). The minimum atomic E-state index is -0.769. The summed E-state index contributed by atoms with van der Waals surface area (Å²) in [6.07, 6.45) is 0.791. The lowest BCUT2D eigenvalue weighted by Gasteiger charge is -2.19. The van der Waals surface area contributed by atoms with Crippen LogP contribution in [0.2, 0.25) is 0 Å². The van der Waals surface area contributed by atoms with E-state index in [9.17, 15) is 14.4 Å². The van der Waals surface area contributed by atoms with Gasteiger partial charge in [0.05, 0.1) is 23.7 Å². The summed E-state index contributed by atoms with van der Waals surface area (Å²) in [5.41, 5.74) is -0.144. The molecule has 0 saturated heterocycles. The maximum absolute atomic E-state index is 13.3. The van der Waals surface area contributed by atoms with Crippen LogP contribution in [0, 0.1) is 0 Å². The summed E-state index contributed by atoms with van der Waals surface area (Å²) in [5, 5.41) is 3.18. The molecule has 0 aliphatic rings. The van der Waals surface area contributed by atoms with Crippen LogP contribution >= 0.6 is 0 Å². The Hall–Kier alpha value is -3.35. The van der Waals surface area contributed by atoms with E-state index in [4.69, 9.17) is 4.74 Å². The minimum Gasteiger partial charge on any atom is -0.497 e. The first-order valence-electron chi connectivity index (χ1n) is 9.18. The minimum absolute atomic E-state index is 0.269. The fourth-order valence-electron chi connectivity index (χ4n) is 3.13. The number of benzene rings is 2. The lowest BCUT2D eigenvalue weighted by atomic mass is 10.2. The van der Waals surface area contributed by atoms with Gasteiger partial charge in [-0.25, -0.2) is 9.36 Å². The molecule has 1 atom stereocenters. The molecule has 1 heterocycles. The summed E-state index contributed by atoms with van der Waals surface area (Å²) in [6, 6.07) is 12.7. The number of hydrogen-bond acceptors (Lipinski definition) is 4. The second-order valence-electron chi connectivity index (χ2n) is 6.48. The molecule has 0 bridgehead atoms. The maximum Gasteiger partial charge on any atom is 0.336 e. The van der Waals surface area contributed by atoms with Gasteiger partial charge < -0.3 is 10.1 Å². The van der Waals surface area contributed by atoms with E-state index in [1.54, 1.807) is 62.6 Å². The number of nitrogens with one attached hydrogen (secondary N) is 1. The SMILES string of the molecule is CCCNC(=O)C(C)n1c(=O)n(-c2ccc(OC)cc2)c(=O)c2ccccc21. The first kappa shape index (κ1) is 19.4. The Morgan fingerprint density at radius 1 is 1.11 bits per heavy atom. The monoisotopic (exact) mass is 381 g/mol. The van der Waals surface area contributed by atoms with Gasteiger partial charge >= 0.3 is 5.69 Å². The number of para-hydroxylation sites is 1. The van der Waals surface area contributed by atoms with E-state index in [2.05, 4.69) is 5.32 Å². The van der Waals surface area contributed by atoms with E-state index >= 15 is 0 Å². The van der Waals surface area contributed by atoms with Crippen molar-refractivity contribution in [2.45, 2.75) is 26.3 Å². The number of nitrogens with zero attached hydrogens (tertiary/aromatic N) is 2. The fourth-order valence-corrected chi connectivity index (χ4v) is 3.13. The summed E-state index contributed by atoms with van der Waals surface area (Å²) in [6.45, 7) is 4.13. The highest BCUT2D eigenvalue weighted by Crippen LogP contribution is 2.16. The largest absolute Gasteiger partial charge is 0.497 e. The van der Waals surface area contributed by atoms with E-state index < -0.39 is 17.3 Å². The number of ether oxygens (including phenoxy) is 1. The van der Waals surface area contributed by atoms with Crippen LogP contribution < -0.4 is 21.3 Å². The predicted molar refractivity (Wildman–Crippen MR) is 108 cm³/mol. The molecular weight excluding hydrogens is 358 g/mol. The number of aromatic nitrogens is 2. The molecule has 1 amide bonds. The van der Waals surface area contributed by atoms with Crippen molar-refractivity contribution in [2.24, 2.45) is 0 Å². The molecule has 0 saturated carbocycles. The smallest absolute Gasteiger partial charge is 0.336 e. The lowest BCUT2D eigenvalue weighted by molar-refractivity contribution is -0.123. The van der Waals surface area contributed by atoms with E-state index in [0.29, 0.717) is 28.9 Å². The molecule has 28 heavy (non-hydrogen) atoms. The van der Waals surface area contributed by atoms with Crippen molar-refractivity contribution >= 4 is 16.8 Å². The average molecular weight is 381 g/mol. The van der Waals surface area contributed by atoms with Gasteiger partial charge in [-0.05, 0) is 49.7 Å². The molecule has 7 nitrogen and oxygen atoms in total. The van der Waals surface area contributed by atoms with Gasteiger partial charge in [0.25, 0.3) is 5.56 Å². The van der Waals surface area contributed by atoms with Crippen LogP contribution in [-0.4, -0.2) is 28.7 Å². The van der Waals surface area contributed by atoms with Crippen molar-refractivity contribution in [3.63, 3.8) is 0 Å². The van der Waals surface area contributed by atoms with Gasteiger partial charge in [-0.2, -0.15) is 0 Å². The third-order valence-corrected chi connectivity index (χ3v) is 4.64. The molecule has 3 rings (SSSR count). The Bertz CT molecular complexity index is 1110. The summed E-state index contributed by atoms with van der Waals surface area (Å²) in [5.74, 6) is 0.347. The topological polar surface area (TPSA) is 82.3 Å². The molecule has 0 fully saturated rings. The van der Waals surface area contributed by atoms with Crippen molar-refractivity contribution in [3.05, 3.63) is 69.4 Å². The molecule has 0 spiro atoms. The van der Waals surface area contributed by atoms with Gasteiger partial charge in [0.1, 0.15) is 11.8 Å². The molecule has 146 valence electrons. The number of hydrogen-bond donors (Lipinski definition) is 1. The van der Waals surface area contributed by atoms with Gasteiger partial charge in [0.15, 0.2) is 0 Å². The summed E-state index contributed by atoms with van der Waals surface area (Å²) in [7, 11) is 1.54. The number of carbonyl (C=O) groups excluding carboxylic acids is 1. The van der Waals surface area contributed by atoms with Gasteiger partial charge in [-0.15, -0.1) is 0 Å². The van der Waals surface area contributed by atoms with Crippen molar-refractivity contribution in [1.82, 2.24) is 14.5 Å². The third-order valence-electron chi connectivity index (χ3n) is 4.64. The lowest BCUT2D eigenvalue weighted by Crippen LogP contribution is -2.43. The van der Waals surface area contributed by atoms with E-state index in [1.165, 1.54) is 4.57 Å². The molecule has 0 aliphatic heterocycles. The third kappa shape index (κ3) is 3.43. The number of carbonyl (C=O) groups is 1. The van der Waals surface area contributed by atoms with Crippen LogP contribution in [0.4, 0.5) is 0 Å². The Balaban J connectivity index is 2.27. The predicted octanol–water partition coefficient (Wildman–Crippen LogP) is 2.25. The zero-order valence-corrected chi connectivity index (χ0v) is 16.1. The van der Waals surface area contributed by atoms with Crippen LogP contribution in [0.5, 0.6) is 5.75 Å². The Morgan fingerprint density at radius 2 is 1.79 bits per heavy atom. The van der Waals surface area contributed by atoms with Crippen LogP contribution in [0.3, 0.4) is 0 Å². The first-order chi connectivity index (χ1) is 13.5. The van der Waals surface area contributed by atoms with Crippen LogP contribution in [0.15, 0.2) is 58.1 Å². The molecule has 0 aliphatic carbocycles. The Labute approximate surface area is 162 Å². The van der Waals surface area contributed by atoms with Crippen molar-refractivity contribution in [3.8, 4) is 11.4 Å². The number of amides is 1. The molecule has 3 aromatic rings. The first-order valence-corrected chi connectivity index (χ1v) is 9.18. The van der Waals surface area contributed by atoms with E-state index in [1.807, 2.05) is 6.92 Å². The van der Waals surface area contributed by atoms with Gasteiger partial charge in [0.2, 0.25) is 5.91 Å². The van der Waals surface area contributed by atoms with Crippen LogP contribution in [-0.2, 0) is 4.79 Å². The van der Waals surface area contributed by atoms with Gasteiger partial charge in [-0.1, -0.05) is 19.1 Å². The number of methoxy groups -OCH3 is 1. The number of fused-ring (bicyclic) bond motifs is 1. The molecule has 0 radical (unpaired) electrons. The number of rotatable bonds is 6. The summed E-state index contributed by atoms with van der Waals surface area (Å²) in [4.78, 5) is 38.9. The van der Waals surface area contributed by atoms with Crippen LogP contribution in [0.25, 0.3) is 16.6 Å². The van der Waals surface area contributed by atoms with Crippen molar-refractivity contribution in [1.29, 1.82) is 0 Å². The zero-order chi connectivity index (χ0) is 20.3. The maximum atomic E-state index is 13.3. The van der Waals surface area contributed by atoms with Gasteiger partial charge in [-0.3, -0.25) is 14.2 Å². The fraction of sp³-hybridized carbons (Fsp3) is 0.286. The van der Waals surface area contributed by atoms with Crippen molar-refractivity contribution in [2.75, 3.05) is 13.7 Å². The summed E-state index contributed by atoms with van der Waals surface area (Å²) >= 11 is 0.